The van der Waals surface area contributed by atoms with Crippen molar-refractivity contribution >= 4 is 11.9 Å². The topological polar surface area (TPSA) is 86.2 Å². The second-order valence-corrected chi connectivity index (χ2v) is 7.47. The quantitative estimate of drug-likeness (QED) is 0.408. The minimum Gasteiger partial charge on any atom is -0.495 e. The lowest BCUT2D eigenvalue weighted by molar-refractivity contribution is 0.0597. The SMILES string of the molecule is COC(=O)c1cc(-c2cnc(NCc3cccc(C)c3)nc2)cc(-c2ccncc2)c1OC. The molecule has 0 aliphatic carbocycles. The highest BCUT2D eigenvalue weighted by molar-refractivity contribution is 5.98. The molecule has 0 unspecified atom stereocenters. The van der Waals surface area contributed by atoms with Crippen LogP contribution in [0, 0.1) is 6.92 Å². The predicted octanol–water partition coefficient (Wildman–Crippen LogP) is 4.92. The summed E-state index contributed by atoms with van der Waals surface area (Å²) < 4.78 is 10.6. The number of aryl methyl sites for hydroxylation is 1. The van der Waals surface area contributed by atoms with Gasteiger partial charge in [-0.15, -0.1) is 0 Å². The summed E-state index contributed by atoms with van der Waals surface area (Å²) in [5.41, 5.74) is 5.84. The molecule has 0 aliphatic heterocycles. The van der Waals surface area contributed by atoms with E-state index >= 15 is 0 Å². The van der Waals surface area contributed by atoms with Crippen molar-refractivity contribution in [3.8, 4) is 28.0 Å². The van der Waals surface area contributed by atoms with Gasteiger partial charge in [-0.05, 0) is 47.9 Å². The third kappa shape index (κ3) is 4.98. The molecule has 1 N–H and O–H groups in total. The maximum Gasteiger partial charge on any atom is 0.341 e. The van der Waals surface area contributed by atoms with E-state index in [4.69, 9.17) is 9.47 Å². The third-order valence-corrected chi connectivity index (χ3v) is 5.21. The highest BCUT2D eigenvalue weighted by Gasteiger charge is 2.20. The van der Waals surface area contributed by atoms with Crippen LogP contribution in [0.25, 0.3) is 22.3 Å². The average molecular weight is 441 g/mol. The molecule has 7 heteroatoms. The highest BCUT2D eigenvalue weighted by Crippen LogP contribution is 2.37. The Hall–Kier alpha value is -4.26. The van der Waals surface area contributed by atoms with Gasteiger partial charge in [0, 0.05) is 42.5 Å². The minimum atomic E-state index is -0.485. The summed E-state index contributed by atoms with van der Waals surface area (Å²) >= 11 is 0. The maximum absolute atomic E-state index is 12.5. The Morgan fingerprint density at radius 3 is 2.36 bits per heavy atom. The Morgan fingerprint density at radius 1 is 0.939 bits per heavy atom. The smallest absolute Gasteiger partial charge is 0.341 e. The first-order valence-corrected chi connectivity index (χ1v) is 10.4. The first-order valence-electron chi connectivity index (χ1n) is 10.4. The van der Waals surface area contributed by atoms with Gasteiger partial charge >= 0.3 is 5.97 Å². The zero-order chi connectivity index (χ0) is 23.2. The number of pyridine rings is 1. The molecule has 166 valence electrons. The minimum absolute atomic E-state index is 0.325. The van der Waals surface area contributed by atoms with Crippen molar-refractivity contribution in [2.45, 2.75) is 13.5 Å². The lowest BCUT2D eigenvalue weighted by atomic mass is 9.96. The average Bonchev–Trinajstić information content (AvgIpc) is 2.87. The number of rotatable bonds is 7. The van der Waals surface area contributed by atoms with Gasteiger partial charge in [0.15, 0.2) is 0 Å². The molecule has 4 rings (SSSR count). The summed E-state index contributed by atoms with van der Waals surface area (Å²) in [7, 11) is 2.88. The van der Waals surface area contributed by atoms with Gasteiger partial charge in [-0.25, -0.2) is 14.8 Å². The number of carbonyl (C=O) groups excluding carboxylic acids is 1. The lowest BCUT2D eigenvalue weighted by Gasteiger charge is -2.15. The lowest BCUT2D eigenvalue weighted by Crippen LogP contribution is -2.06. The molecule has 0 spiro atoms. The van der Waals surface area contributed by atoms with E-state index in [0.29, 0.717) is 23.8 Å². The van der Waals surface area contributed by atoms with E-state index in [2.05, 4.69) is 45.4 Å². The van der Waals surface area contributed by atoms with Gasteiger partial charge in [0.25, 0.3) is 0 Å². The Labute approximate surface area is 192 Å². The van der Waals surface area contributed by atoms with Gasteiger partial charge < -0.3 is 14.8 Å². The van der Waals surface area contributed by atoms with Crippen LogP contribution in [0.15, 0.2) is 73.3 Å². The van der Waals surface area contributed by atoms with Gasteiger partial charge in [0.1, 0.15) is 11.3 Å². The predicted molar refractivity (Wildman–Crippen MR) is 127 cm³/mol. The number of hydrogen-bond acceptors (Lipinski definition) is 7. The first-order chi connectivity index (χ1) is 16.1. The number of methoxy groups -OCH3 is 2. The van der Waals surface area contributed by atoms with Gasteiger partial charge in [0.2, 0.25) is 5.95 Å². The number of aromatic nitrogens is 3. The van der Waals surface area contributed by atoms with E-state index < -0.39 is 5.97 Å². The van der Waals surface area contributed by atoms with Crippen LogP contribution in [0.2, 0.25) is 0 Å². The summed E-state index contributed by atoms with van der Waals surface area (Å²) in [6.07, 6.45) is 6.84. The fourth-order valence-corrected chi connectivity index (χ4v) is 3.59. The van der Waals surface area contributed by atoms with E-state index in [1.807, 2.05) is 24.3 Å². The normalized spacial score (nSPS) is 10.5. The molecule has 0 amide bonds. The number of nitrogens with zero attached hydrogens (tertiary/aromatic N) is 3. The van der Waals surface area contributed by atoms with Crippen molar-refractivity contribution in [1.29, 1.82) is 0 Å². The Balaban J connectivity index is 1.67. The van der Waals surface area contributed by atoms with Gasteiger partial charge in [-0.3, -0.25) is 4.98 Å². The largest absolute Gasteiger partial charge is 0.495 e. The molecule has 0 saturated heterocycles. The third-order valence-electron chi connectivity index (χ3n) is 5.21. The second kappa shape index (κ2) is 9.91. The number of nitrogens with one attached hydrogen (secondary N) is 1. The fourth-order valence-electron chi connectivity index (χ4n) is 3.59. The summed E-state index contributed by atoms with van der Waals surface area (Å²) in [5.74, 6) is 0.479. The van der Waals surface area contributed by atoms with E-state index in [0.717, 1.165) is 27.8 Å². The van der Waals surface area contributed by atoms with E-state index in [1.165, 1.54) is 19.8 Å². The van der Waals surface area contributed by atoms with Crippen LogP contribution < -0.4 is 10.1 Å². The Bertz CT molecular complexity index is 1260. The molecular weight excluding hydrogens is 416 g/mol. The van der Waals surface area contributed by atoms with E-state index in [1.54, 1.807) is 30.9 Å². The molecule has 33 heavy (non-hydrogen) atoms. The number of carbonyl (C=O) groups is 1. The molecule has 0 aliphatic rings. The number of hydrogen-bond donors (Lipinski definition) is 1. The van der Waals surface area contributed by atoms with E-state index in [9.17, 15) is 4.79 Å². The van der Waals surface area contributed by atoms with Crippen LogP contribution in [0.1, 0.15) is 21.5 Å². The van der Waals surface area contributed by atoms with Gasteiger partial charge in [-0.1, -0.05) is 29.8 Å². The molecule has 2 aromatic carbocycles. The summed E-state index contributed by atoms with van der Waals surface area (Å²) in [4.78, 5) is 25.5. The van der Waals surface area contributed by atoms with Crippen LogP contribution in [-0.4, -0.2) is 35.1 Å². The van der Waals surface area contributed by atoms with Crippen LogP contribution in [0.5, 0.6) is 5.75 Å². The van der Waals surface area contributed by atoms with Crippen LogP contribution in [0.4, 0.5) is 5.95 Å². The maximum atomic E-state index is 12.5. The summed E-state index contributed by atoms with van der Waals surface area (Å²) in [6, 6.07) is 15.7. The zero-order valence-corrected chi connectivity index (χ0v) is 18.7. The van der Waals surface area contributed by atoms with Crippen molar-refractivity contribution < 1.29 is 14.3 Å². The molecule has 0 radical (unpaired) electrons. The molecule has 2 heterocycles. The number of anilines is 1. The molecule has 0 fully saturated rings. The zero-order valence-electron chi connectivity index (χ0n) is 18.7. The van der Waals surface area contributed by atoms with Gasteiger partial charge in [0.05, 0.1) is 14.2 Å². The fraction of sp³-hybridized carbons (Fsp3) is 0.154. The van der Waals surface area contributed by atoms with Crippen molar-refractivity contribution in [3.05, 3.63) is 90.0 Å². The monoisotopic (exact) mass is 440 g/mol. The molecule has 0 bridgehead atoms. The van der Waals surface area contributed by atoms with Gasteiger partial charge in [-0.2, -0.15) is 0 Å². The molecule has 4 aromatic rings. The van der Waals surface area contributed by atoms with Crippen molar-refractivity contribution in [3.63, 3.8) is 0 Å². The molecular formula is C26H24N4O3. The summed E-state index contributed by atoms with van der Waals surface area (Å²) in [5, 5.41) is 3.24. The van der Waals surface area contributed by atoms with Crippen molar-refractivity contribution in [2.75, 3.05) is 19.5 Å². The Kier molecular flexibility index (Phi) is 6.59. The molecule has 0 saturated carbocycles. The van der Waals surface area contributed by atoms with Crippen molar-refractivity contribution in [1.82, 2.24) is 15.0 Å². The van der Waals surface area contributed by atoms with E-state index in [-0.39, 0.29) is 0 Å². The standard InChI is InChI=1S/C26H24N4O3/c1-17-5-4-6-18(11-17)14-28-26-29-15-21(16-30-26)20-12-22(19-7-9-27-10-8-19)24(32-2)23(13-20)25(31)33-3/h4-13,15-16H,14H2,1-3H3,(H,28,29,30). The highest BCUT2D eigenvalue weighted by atomic mass is 16.5. The van der Waals surface area contributed by atoms with Crippen LogP contribution in [0.3, 0.4) is 0 Å². The number of ether oxygens (including phenoxy) is 2. The second-order valence-electron chi connectivity index (χ2n) is 7.47. The first kappa shape index (κ1) is 22.0. The van der Waals surface area contributed by atoms with Crippen molar-refractivity contribution in [2.24, 2.45) is 0 Å². The molecule has 7 nitrogen and oxygen atoms in total. The summed E-state index contributed by atoms with van der Waals surface area (Å²) in [6.45, 7) is 2.69. The molecule has 2 aromatic heterocycles. The molecule has 0 atom stereocenters. The number of esters is 1. The van der Waals surface area contributed by atoms with Crippen LogP contribution in [-0.2, 0) is 11.3 Å². The number of benzene rings is 2. The van der Waals surface area contributed by atoms with Crippen LogP contribution >= 0.6 is 0 Å². The Morgan fingerprint density at radius 2 is 1.70 bits per heavy atom.